The first-order valence-corrected chi connectivity index (χ1v) is 5.79. The van der Waals surface area contributed by atoms with Gasteiger partial charge in [-0.15, -0.1) is 10.1 Å². The van der Waals surface area contributed by atoms with E-state index in [0.717, 1.165) is 0 Å². The van der Waals surface area contributed by atoms with Gasteiger partial charge in [-0.3, -0.25) is 9.59 Å². The first-order valence-electron chi connectivity index (χ1n) is 5.79. The van der Waals surface area contributed by atoms with Crippen LogP contribution in [0.3, 0.4) is 0 Å². The Balaban J connectivity index is 2.20. The topological polar surface area (TPSA) is 119 Å². The number of rotatable bonds is 6. The Kier molecular flexibility index (Phi) is 5.34. The van der Waals surface area contributed by atoms with Gasteiger partial charge in [0.05, 0.1) is 6.42 Å². The number of carboxylic acid groups (broad SMARTS) is 1. The van der Waals surface area contributed by atoms with Crippen LogP contribution in [0.2, 0.25) is 0 Å². The lowest BCUT2D eigenvalue weighted by atomic mass is 9.93. The van der Waals surface area contributed by atoms with Crippen LogP contribution in [0.4, 0.5) is 0 Å². The van der Waals surface area contributed by atoms with E-state index in [9.17, 15) is 19.7 Å². The fraction of sp³-hybridized carbons (Fsp3) is 0.800. The van der Waals surface area contributed by atoms with Crippen molar-refractivity contribution in [1.82, 2.24) is 5.32 Å². The molecule has 1 aliphatic rings. The first-order chi connectivity index (χ1) is 8.47. The molecule has 0 spiro atoms. The van der Waals surface area contributed by atoms with E-state index in [-0.39, 0.29) is 24.8 Å². The smallest absolute Gasteiger partial charge is 0.303 e. The second kappa shape index (κ2) is 6.77. The molecule has 0 atom stereocenters. The summed E-state index contributed by atoms with van der Waals surface area (Å²) in [5, 5.41) is 20.5. The van der Waals surface area contributed by atoms with Crippen molar-refractivity contribution < 1.29 is 24.6 Å². The maximum absolute atomic E-state index is 11.4. The van der Waals surface area contributed by atoms with Crippen molar-refractivity contribution >= 4 is 11.9 Å². The fourth-order valence-electron chi connectivity index (χ4n) is 1.95. The summed E-state index contributed by atoms with van der Waals surface area (Å²) in [7, 11) is 0. The molecule has 2 N–H and O–H groups in total. The summed E-state index contributed by atoms with van der Waals surface area (Å²) in [5.41, 5.74) is 0. The van der Waals surface area contributed by atoms with Gasteiger partial charge in [0.1, 0.15) is 6.10 Å². The zero-order chi connectivity index (χ0) is 13.5. The van der Waals surface area contributed by atoms with E-state index in [1.807, 2.05) is 0 Å². The van der Waals surface area contributed by atoms with Gasteiger partial charge in [0.25, 0.3) is 5.09 Å². The maximum atomic E-state index is 11.4. The molecule has 0 saturated heterocycles. The van der Waals surface area contributed by atoms with Crippen molar-refractivity contribution in [2.75, 3.05) is 0 Å². The van der Waals surface area contributed by atoms with Gasteiger partial charge in [-0.2, -0.15) is 0 Å². The highest BCUT2D eigenvalue weighted by Gasteiger charge is 2.24. The largest absolute Gasteiger partial charge is 0.481 e. The second-order valence-corrected chi connectivity index (χ2v) is 4.26. The molecule has 1 aliphatic carbocycles. The number of aliphatic carboxylic acids is 1. The van der Waals surface area contributed by atoms with Crippen LogP contribution in [0.25, 0.3) is 0 Å². The number of hydrogen-bond acceptors (Lipinski definition) is 5. The zero-order valence-corrected chi connectivity index (χ0v) is 9.83. The van der Waals surface area contributed by atoms with E-state index >= 15 is 0 Å². The van der Waals surface area contributed by atoms with Crippen molar-refractivity contribution in [2.45, 2.75) is 50.7 Å². The molecule has 0 aromatic heterocycles. The minimum absolute atomic E-state index is 0.0410. The lowest BCUT2D eigenvalue weighted by molar-refractivity contribution is -0.769. The average molecular weight is 260 g/mol. The summed E-state index contributed by atoms with van der Waals surface area (Å²) < 4.78 is 0. The molecule has 18 heavy (non-hydrogen) atoms. The first kappa shape index (κ1) is 14.2. The van der Waals surface area contributed by atoms with Gasteiger partial charge in [0.2, 0.25) is 5.91 Å². The SMILES string of the molecule is O=C(O)CCC(=O)NC1CCC(O[N+](=O)[O-])CC1. The Morgan fingerprint density at radius 1 is 1.28 bits per heavy atom. The third-order valence-corrected chi connectivity index (χ3v) is 2.84. The molecule has 8 nitrogen and oxygen atoms in total. The summed E-state index contributed by atoms with van der Waals surface area (Å²) in [4.78, 5) is 36.2. The summed E-state index contributed by atoms with van der Waals surface area (Å²) in [6.07, 6.45) is 1.63. The van der Waals surface area contributed by atoms with E-state index in [1.165, 1.54) is 0 Å². The summed E-state index contributed by atoms with van der Waals surface area (Å²) in [6.45, 7) is 0. The van der Waals surface area contributed by atoms with Crippen molar-refractivity contribution in [2.24, 2.45) is 0 Å². The van der Waals surface area contributed by atoms with E-state index in [0.29, 0.717) is 25.7 Å². The Morgan fingerprint density at radius 2 is 1.89 bits per heavy atom. The zero-order valence-electron chi connectivity index (χ0n) is 9.83. The normalized spacial score (nSPS) is 23.1. The van der Waals surface area contributed by atoms with Gasteiger partial charge in [-0.1, -0.05) is 0 Å². The third kappa shape index (κ3) is 5.46. The molecule has 1 fully saturated rings. The van der Waals surface area contributed by atoms with Crippen LogP contribution in [0, 0.1) is 10.1 Å². The summed E-state index contributed by atoms with van der Waals surface area (Å²) in [5.74, 6) is -1.30. The molecule has 102 valence electrons. The Morgan fingerprint density at radius 3 is 2.39 bits per heavy atom. The van der Waals surface area contributed by atoms with Gasteiger partial charge >= 0.3 is 5.97 Å². The molecule has 8 heteroatoms. The summed E-state index contributed by atoms with van der Waals surface area (Å²) >= 11 is 0. The predicted molar refractivity (Wildman–Crippen MR) is 59.1 cm³/mol. The number of hydrogen-bond donors (Lipinski definition) is 2. The Hall–Kier alpha value is -1.86. The van der Waals surface area contributed by atoms with Crippen LogP contribution in [-0.4, -0.2) is 34.2 Å². The number of carboxylic acids is 1. The van der Waals surface area contributed by atoms with Crippen molar-refractivity contribution in [3.8, 4) is 0 Å². The number of amides is 1. The Bertz CT molecular complexity index is 324. The molecule has 0 heterocycles. The fourth-order valence-corrected chi connectivity index (χ4v) is 1.95. The number of nitrogens with zero attached hydrogens (tertiary/aromatic N) is 1. The van der Waals surface area contributed by atoms with Crippen LogP contribution in [0.5, 0.6) is 0 Å². The summed E-state index contributed by atoms with van der Waals surface area (Å²) in [6, 6.07) is -0.0436. The van der Waals surface area contributed by atoms with E-state index < -0.39 is 17.2 Å². The van der Waals surface area contributed by atoms with Crippen LogP contribution in [0.1, 0.15) is 38.5 Å². The number of carbonyl (C=O) groups is 2. The minimum atomic E-state index is -1.01. The van der Waals surface area contributed by atoms with Gasteiger partial charge in [0.15, 0.2) is 0 Å². The average Bonchev–Trinajstić information content (AvgIpc) is 2.28. The Labute approximate surface area is 103 Å². The third-order valence-electron chi connectivity index (χ3n) is 2.84. The maximum Gasteiger partial charge on any atom is 0.303 e. The van der Waals surface area contributed by atoms with Crippen molar-refractivity contribution in [3.63, 3.8) is 0 Å². The predicted octanol–water partition coefficient (Wildman–Crippen LogP) is 0.487. The van der Waals surface area contributed by atoms with Gasteiger partial charge in [-0.25, -0.2) is 0 Å². The highest BCUT2D eigenvalue weighted by atomic mass is 17.0. The second-order valence-electron chi connectivity index (χ2n) is 4.26. The van der Waals surface area contributed by atoms with Crippen molar-refractivity contribution in [1.29, 1.82) is 0 Å². The molecule has 1 saturated carbocycles. The number of nitrogens with one attached hydrogen (secondary N) is 1. The highest BCUT2D eigenvalue weighted by Crippen LogP contribution is 2.21. The molecule has 0 aliphatic heterocycles. The molecule has 0 aromatic rings. The van der Waals surface area contributed by atoms with Crippen LogP contribution in [0.15, 0.2) is 0 Å². The van der Waals surface area contributed by atoms with E-state index in [2.05, 4.69) is 10.2 Å². The molecular weight excluding hydrogens is 244 g/mol. The lowest BCUT2D eigenvalue weighted by Crippen LogP contribution is -2.39. The van der Waals surface area contributed by atoms with Crippen LogP contribution in [-0.2, 0) is 14.4 Å². The van der Waals surface area contributed by atoms with Crippen molar-refractivity contribution in [3.05, 3.63) is 10.1 Å². The van der Waals surface area contributed by atoms with E-state index in [4.69, 9.17) is 5.11 Å². The molecule has 0 bridgehead atoms. The molecular formula is C10H16N2O6. The molecule has 1 rings (SSSR count). The van der Waals surface area contributed by atoms with Crippen LogP contribution < -0.4 is 5.32 Å². The minimum Gasteiger partial charge on any atom is -0.481 e. The van der Waals surface area contributed by atoms with E-state index in [1.54, 1.807) is 0 Å². The monoisotopic (exact) mass is 260 g/mol. The van der Waals surface area contributed by atoms with Gasteiger partial charge in [-0.05, 0) is 25.7 Å². The lowest BCUT2D eigenvalue weighted by Gasteiger charge is -2.27. The molecule has 0 aromatic carbocycles. The van der Waals surface area contributed by atoms with Crippen LogP contribution >= 0.6 is 0 Å². The van der Waals surface area contributed by atoms with Gasteiger partial charge < -0.3 is 15.3 Å². The molecule has 0 radical (unpaired) electrons. The quantitative estimate of drug-likeness (QED) is 0.529. The highest BCUT2D eigenvalue weighted by molar-refractivity contribution is 5.80. The molecule has 1 amide bonds. The molecule has 0 unspecified atom stereocenters. The standard InChI is InChI=1S/C10H16N2O6/c13-9(5-6-10(14)15)11-7-1-3-8(4-2-7)18-12(16)17/h7-8H,1-6H2,(H,11,13)(H,14,15). The van der Waals surface area contributed by atoms with Gasteiger partial charge in [0, 0.05) is 12.5 Å². The number of carbonyl (C=O) groups excluding carboxylic acids is 1.